The molecule has 3 rings (SSSR count). The number of aryl methyl sites for hydroxylation is 3. The fourth-order valence-electron chi connectivity index (χ4n) is 2.33. The largest absolute Gasteiger partial charge is 0.378 e. The van der Waals surface area contributed by atoms with Crippen LogP contribution in [0.2, 0.25) is 0 Å². The van der Waals surface area contributed by atoms with Gasteiger partial charge in [-0.3, -0.25) is 4.79 Å². The molecule has 2 heterocycles. The van der Waals surface area contributed by atoms with E-state index in [1.807, 2.05) is 45.0 Å². The Labute approximate surface area is 132 Å². The molecule has 0 bridgehead atoms. The molecule has 0 aliphatic rings. The van der Waals surface area contributed by atoms with Gasteiger partial charge in [0.25, 0.3) is 5.56 Å². The third-order valence-electron chi connectivity index (χ3n) is 3.81. The second-order valence-corrected chi connectivity index (χ2v) is 6.59. The van der Waals surface area contributed by atoms with Crippen molar-refractivity contribution in [3.05, 3.63) is 56.4 Å². The lowest BCUT2D eigenvalue weighted by atomic mass is 10.2. The van der Waals surface area contributed by atoms with Crippen LogP contribution in [0.25, 0.3) is 10.2 Å². The molecule has 0 aliphatic carbocycles. The summed E-state index contributed by atoms with van der Waals surface area (Å²) in [6.07, 6.45) is 0. The molecule has 6 heteroatoms. The van der Waals surface area contributed by atoms with Crippen molar-refractivity contribution in [3.8, 4) is 0 Å². The molecule has 0 spiro atoms. The maximum absolute atomic E-state index is 12.4. The van der Waals surface area contributed by atoms with Crippen molar-refractivity contribution in [1.82, 2.24) is 9.66 Å². The number of nitrogens with two attached hydrogens (primary N) is 1. The van der Waals surface area contributed by atoms with Gasteiger partial charge in [-0.25, -0.2) is 9.66 Å². The molecule has 5 nitrogen and oxygen atoms in total. The number of hydrogen-bond acceptors (Lipinski definition) is 5. The van der Waals surface area contributed by atoms with E-state index in [9.17, 15) is 4.79 Å². The summed E-state index contributed by atoms with van der Waals surface area (Å²) >= 11 is 1.53. The van der Waals surface area contributed by atoms with Gasteiger partial charge in [0.15, 0.2) is 5.82 Å². The number of rotatable bonds is 3. The van der Waals surface area contributed by atoms with Crippen LogP contribution in [-0.4, -0.2) is 9.66 Å². The Balaban J connectivity index is 1.95. The lowest BCUT2D eigenvalue weighted by Crippen LogP contribution is -2.32. The minimum Gasteiger partial charge on any atom is -0.378 e. The van der Waals surface area contributed by atoms with Gasteiger partial charge in [-0.1, -0.05) is 17.7 Å². The Bertz CT molecular complexity index is 893. The highest BCUT2D eigenvalue weighted by atomic mass is 32.1. The summed E-state index contributed by atoms with van der Waals surface area (Å²) < 4.78 is 1.14. The molecule has 0 amide bonds. The number of nitrogens with one attached hydrogen (secondary N) is 1. The fraction of sp³-hybridized carbons (Fsp3) is 0.250. The number of thiophene rings is 1. The highest BCUT2D eigenvalue weighted by Gasteiger charge is 2.14. The Morgan fingerprint density at radius 2 is 1.91 bits per heavy atom. The van der Waals surface area contributed by atoms with Crippen LogP contribution in [0, 0.1) is 20.8 Å². The molecule has 0 atom stereocenters. The Kier molecular flexibility index (Phi) is 3.62. The molecule has 0 saturated carbocycles. The second-order valence-electron chi connectivity index (χ2n) is 5.39. The summed E-state index contributed by atoms with van der Waals surface area (Å²) in [6, 6.07) is 8.04. The zero-order chi connectivity index (χ0) is 15.9. The summed E-state index contributed by atoms with van der Waals surface area (Å²) in [7, 11) is 0. The number of fused-ring (bicyclic) bond motifs is 1. The van der Waals surface area contributed by atoms with Gasteiger partial charge in [0.05, 0.1) is 11.9 Å². The minimum atomic E-state index is -0.187. The first-order valence-corrected chi connectivity index (χ1v) is 7.86. The first-order chi connectivity index (χ1) is 10.5. The first kappa shape index (κ1) is 14.6. The maximum atomic E-state index is 12.4. The van der Waals surface area contributed by atoms with Gasteiger partial charge in [0, 0.05) is 10.6 Å². The van der Waals surface area contributed by atoms with Crippen LogP contribution in [-0.2, 0) is 6.54 Å². The highest BCUT2D eigenvalue weighted by Crippen LogP contribution is 2.26. The standard InChI is InChI=1S/C16H18N4OS/c1-9-4-6-12(7-5-9)18-8-13-19-15-14(16(21)20(13)17)10(2)11(3)22-15/h4-7,18H,8,17H2,1-3H3. The summed E-state index contributed by atoms with van der Waals surface area (Å²) in [5.41, 5.74) is 2.95. The predicted molar refractivity (Wildman–Crippen MR) is 92.0 cm³/mol. The van der Waals surface area contributed by atoms with Gasteiger partial charge >= 0.3 is 0 Å². The van der Waals surface area contributed by atoms with Crippen molar-refractivity contribution in [2.24, 2.45) is 0 Å². The predicted octanol–water partition coefficient (Wildman–Crippen LogP) is 2.71. The number of anilines is 1. The third-order valence-corrected chi connectivity index (χ3v) is 4.91. The summed E-state index contributed by atoms with van der Waals surface area (Å²) in [4.78, 5) is 18.8. The lowest BCUT2D eigenvalue weighted by Gasteiger charge is -2.10. The molecule has 22 heavy (non-hydrogen) atoms. The van der Waals surface area contributed by atoms with Gasteiger partial charge in [0.1, 0.15) is 4.83 Å². The molecular formula is C16H18N4OS. The molecule has 2 aromatic heterocycles. The molecule has 3 N–H and O–H groups in total. The monoisotopic (exact) mass is 314 g/mol. The number of nitrogen functional groups attached to an aromatic ring is 1. The number of nitrogens with zero attached hydrogens (tertiary/aromatic N) is 2. The maximum Gasteiger partial charge on any atom is 0.281 e. The molecule has 3 aromatic rings. The van der Waals surface area contributed by atoms with Crippen molar-refractivity contribution in [1.29, 1.82) is 0 Å². The van der Waals surface area contributed by atoms with Crippen LogP contribution in [0.15, 0.2) is 29.1 Å². The first-order valence-electron chi connectivity index (χ1n) is 7.04. The normalized spacial score (nSPS) is 11.0. The number of aromatic nitrogens is 2. The van der Waals surface area contributed by atoms with Crippen LogP contribution in [0.4, 0.5) is 5.69 Å². The van der Waals surface area contributed by atoms with E-state index in [0.717, 1.165) is 25.6 Å². The number of benzene rings is 1. The van der Waals surface area contributed by atoms with Crippen LogP contribution in [0.1, 0.15) is 21.8 Å². The van der Waals surface area contributed by atoms with Crippen LogP contribution in [0.5, 0.6) is 0 Å². The van der Waals surface area contributed by atoms with Crippen LogP contribution in [0.3, 0.4) is 0 Å². The van der Waals surface area contributed by atoms with Crippen molar-refractivity contribution in [2.45, 2.75) is 27.3 Å². The number of hydrogen-bond donors (Lipinski definition) is 2. The van der Waals surface area contributed by atoms with Gasteiger partial charge in [-0.15, -0.1) is 11.3 Å². The average Bonchev–Trinajstić information content (AvgIpc) is 2.78. The average molecular weight is 314 g/mol. The smallest absolute Gasteiger partial charge is 0.281 e. The van der Waals surface area contributed by atoms with Crippen molar-refractivity contribution in [3.63, 3.8) is 0 Å². The molecule has 114 valence electrons. The van der Waals surface area contributed by atoms with Crippen molar-refractivity contribution in [2.75, 3.05) is 11.2 Å². The molecule has 0 unspecified atom stereocenters. The topological polar surface area (TPSA) is 72.9 Å². The van der Waals surface area contributed by atoms with E-state index >= 15 is 0 Å². The summed E-state index contributed by atoms with van der Waals surface area (Å²) in [5.74, 6) is 6.45. The van der Waals surface area contributed by atoms with E-state index in [0.29, 0.717) is 17.8 Å². The second kappa shape index (κ2) is 5.46. The Hall–Kier alpha value is -2.34. The van der Waals surface area contributed by atoms with E-state index in [1.54, 1.807) is 0 Å². The van der Waals surface area contributed by atoms with Gasteiger partial charge in [0.2, 0.25) is 0 Å². The van der Waals surface area contributed by atoms with E-state index in [-0.39, 0.29) is 5.56 Å². The molecule has 0 saturated heterocycles. The third kappa shape index (κ3) is 2.46. The van der Waals surface area contributed by atoms with Gasteiger partial charge in [-0.2, -0.15) is 0 Å². The highest BCUT2D eigenvalue weighted by molar-refractivity contribution is 7.18. The molecule has 0 fully saturated rings. The summed E-state index contributed by atoms with van der Waals surface area (Å²) in [6.45, 7) is 6.37. The van der Waals surface area contributed by atoms with Gasteiger partial charge < -0.3 is 11.2 Å². The van der Waals surface area contributed by atoms with Crippen LogP contribution < -0.4 is 16.7 Å². The molecule has 0 radical (unpaired) electrons. The van der Waals surface area contributed by atoms with Gasteiger partial charge in [-0.05, 0) is 38.5 Å². The molecule has 1 aromatic carbocycles. The zero-order valence-electron chi connectivity index (χ0n) is 12.8. The van der Waals surface area contributed by atoms with E-state index < -0.39 is 0 Å². The SMILES string of the molecule is Cc1ccc(NCc2nc3sc(C)c(C)c3c(=O)n2N)cc1. The van der Waals surface area contributed by atoms with E-state index in [2.05, 4.69) is 10.3 Å². The lowest BCUT2D eigenvalue weighted by molar-refractivity contribution is 0.806. The van der Waals surface area contributed by atoms with E-state index in [4.69, 9.17) is 5.84 Å². The molecule has 0 aliphatic heterocycles. The van der Waals surface area contributed by atoms with E-state index in [1.165, 1.54) is 16.9 Å². The Morgan fingerprint density at radius 3 is 2.59 bits per heavy atom. The van der Waals surface area contributed by atoms with Crippen molar-refractivity contribution < 1.29 is 0 Å². The quantitative estimate of drug-likeness (QED) is 0.729. The minimum absolute atomic E-state index is 0.187. The van der Waals surface area contributed by atoms with Crippen molar-refractivity contribution >= 4 is 27.2 Å². The zero-order valence-corrected chi connectivity index (χ0v) is 13.6. The summed E-state index contributed by atoms with van der Waals surface area (Å²) in [5, 5.41) is 3.87. The Morgan fingerprint density at radius 1 is 1.23 bits per heavy atom. The van der Waals surface area contributed by atoms with Crippen LogP contribution >= 0.6 is 11.3 Å². The molecular weight excluding hydrogens is 296 g/mol. The fourth-order valence-corrected chi connectivity index (χ4v) is 3.36.